The molecule has 0 saturated carbocycles. The maximum atomic E-state index is 12.6. The van der Waals surface area contributed by atoms with Crippen LogP contribution in [0.4, 0.5) is 4.39 Å². The topological polar surface area (TPSA) is 0 Å². The SMILES string of the molecule is CC.Cc1ccc(C)c(F)c1.I.I. The van der Waals surface area contributed by atoms with E-state index in [1.807, 2.05) is 26.8 Å². The minimum atomic E-state index is -0.116. The first-order chi connectivity index (χ1) is 5.20. The molecule has 0 amide bonds. The van der Waals surface area contributed by atoms with Crippen LogP contribution in [0.2, 0.25) is 0 Å². The molecule has 0 N–H and O–H groups in total. The molecule has 0 unspecified atom stereocenters. The molecule has 0 spiro atoms. The summed E-state index contributed by atoms with van der Waals surface area (Å²) in [6, 6.07) is 5.22. The van der Waals surface area contributed by atoms with E-state index in [9.17, 15) is 4.39 Å². The Morgan fingerprint density at radius 1 is 1.00 bits per heavy atom. The van der Waals surface area contributed by atoms with Crippen molar-refractivity contribution >= 4 is 48.0 Å². The number of hydrogen-bond acceptors (Lipinski definition) is 0. The van der Waals surface area contributed by atoms with Crippen molar-refractivity contribution in [2.75, 3.05) is 0 Å². The monoisotopic (exact) mass is 410 g/mol. The van der Waals surface area contributed by atoms with Gasteiger partial charge in [-0.1, -0.05) is 26.0 Å². The summed E-state index contributed by atoms with van der Waals surface area (Å²) in [5.41, 5.74) is 1.68. The summed E-state index contributed by atoms with van der Waals surface area (Å²) in [7, 11) is 0. The molecule has 0 bridgehead atoms. The lowest BCUT2D eigenvalue weighted by molar-refractivity contribution is 0.617. The molecule has 0 atom stereocenters. The van der Waals surface area contributed by atoms with Crippen LogP contribution in [0, 0.1) is 19.7 Å². The fraction of sp³-hybridized carbons (Fsp3) is 0.400. The Morgan fingerprint density at radius 2 is 1.46 bits per heavy atom. The smallest absolute Gasteiger partial charge is 0.126 e. The molecule has 0 heterocycles. The lowest BCUT2D eigenvalue weighted by Crippen LogP contribution is -1.81. The van der Waals surface area contributed by atoms with Crippen molar-refractivity contribution in [3.05, 3.63) is 35.1 Å². The van der Waals surface area contributed by atoms with Gasteiger partial charge in [0.2, 0.25) is 0 Å². The molecule has 78 valence electrons. The standard InChI is InChI=1S/C8H9F.C2H6.2HI/c1-6-3-4-7(2)8(9)5-6;1-2;;/h3-5H,1-2H3;1-2H3;2*1H. The highest BCUT2D eigenvalue weighted by Crippen LogP contribution is 2.06. The number of benzene rings is 1. The fourth-order valence-corrected chi connectivity index (χ4v) is 0.698. The first-order valence-corrected chi connectivity index (χ1v) is 3.93. The Morgan fingerprint density at radius 3 is 1.77 bits per heavy atom. The second-order valence-corrected chi connectivity index (χ2v) is 2.25. The average molecular weight is 410 g/mol. The Bertz CT molecular complexity index is 224. The largest absolute Gasteiger partial charge is 0.207 e. The van der Waals surface area contributed by atoms with E-state index in [1.54, 1.807) is 13.0 Å². The van der Waals surface area contributed by atoms with E-state index in [-0.39, 0.29) is 53.8 Å². The van der Waals surface area contributed by atoms with Gasteiger partial charge in [0.1, 0.15) is 5.82 Å². The van der Waals surface area contributed by atoms with Crippen molar-refractivity contribution in [2.24, 2.45) is 0 Å². The molecule has 0 aliphatic carbocycles. The van der Waals surface area contributed by atoms with Crippen LogP contribution >= 0.6 is 48.0 Å². The van der Waals surface area contributed by atoms with Gasteiger partial charge in [-0.2, -0.15) is 0 Å². The number of hydrogen-bond donors (Lipinski definition) is 0. The third kappa shape index (κ3) is 7.66. The van der Waals surface area contributed by atoms with E-state index in [4.69, 9.17) is 0 Å². The summed E-state index contributed by atoms with van der Waals surface area (Å²) in [6.45, 7) is 7.64. The van der Waals surface area contributed by atoms with Gasteiger partial charge in [0.25, 0.3) is 0 Å². The summed E-state index contributed by atoms with van der Waals surface area (Å²) in [4.78, 5) is 0. The molecule has 0 aliphatic rings. The molecular formula is C10H17FI2. The molecule has 1 aromatic carbocycles. The first kappa shape index (κ1) is 19.2. The van der Waals surface area contributed by atoms with Crippen molar-refractivity contribution < 1.29 is 4.39 Å². The minimum absolute atomic E-state index is 0. The summed E-state index contributed by atoms with van der Waals surface area (Å²) < 4.78 is 12.6. The van der Waals surface area contributed by atoms with E-state index >= 15 is 0 Å². The first-order valence-electron chi connectivity index (χ1n) is 3.93. The van der Waals surface area contributed by atoms with Crippen LogP contribution in [0.15, 0.2) is 18.2 Å². The Hall–Kier alpha value is 0.610. The van der Waals surface area contributed by atoms with Crippen molar-refractivity contribution in [3.63, 3.8) is 0 Å². The summed E-state index contributed by atoms with van der Waals surface area (Å²) in [5, 5.41) is 0. The zero-order valence-electron chi connectivity index (χ0n) is 8.43. The lowest BCUT2D eigenvalue weighted by atomic mass is 10.2. The van der Waals surface area contributed by atoms with E-state index in [1.165, 1.54) is 6.07 Å². The van der Waals surface area contributed by atoms with Crippen LogP contribution in [-0.2, 0) is 0 Å². The number of halogens is 3. The molecule has 0 nitrogen and oxygen atoms in total. The van der Waals surface area contributed by atoms with Crippen LogP contribution in [-0.4, -0.2) is 0 Å². The Balaban J connectivity index is -0.000000234. The Kier molecular flexibility index (Phi) is 15.8. The van der Waals surface area contributed by atoms with Gasteiger partial charge in [-0.15, -0.1) is 48.0 Å². The molecular weight excluding hydrogens is 393 g/mol. The second-order valence-electron chi connectivity index (χ2n) is 2.25. The average Bonchev–Trinajstić information content (AvgIpc) is 2.02. The highest BCUT2D eigenvalue weighted by molar-refractivity contribution is 14.0. The van der Waals surface area contributed by atoms with Crippen molar-refractivity contribution in [1.29, 1.82) is 0 Å². The highest BCUT2D eigenvalue weighted by atomic mass is 127. The lowest BCUT2D eigenvalue weighted by Gasteiger charge is -1.94. The van der Waals surface area contributed by atoms with Crippen molar-refractivity contribution in [3.8, 4) is 0 Å². The van der Waals surface area contributed by atoms with Gasteiger partial charge in [0, 0.05) is 0 Å². The van der Waals surface area contributed by atoms with Crippen LogP contribution in [0.1, 0.15) is 25.0 Å². The molecule has 0 saturated heterocycles. The van der Waals surface area contributed by atoms with Crippen LogP contribution in [0.3, 0.4) is 0 Å². The quantitative estimate of drug-likeness (QED) is 0.544. The van der Waals surface area contributed by atoms with Gasteiger partial charge in [0.15, 0.2) is 0 Å². The molecule has 0 aromatic heterocycles. The number of aryl methyl sites for hydroxylation is 2. The van der Waals surface area contributed by atoms with Crippen LogP contribution in [0.5, 0.6) is 0 Å². The van der Waals surface area contributed by atoms with E-state index in [0.717, 1.165) is 5.56 Å². The minimum Gasteiger partial charge on any atom is -0.207 e. The molecule has 13 heavy (non-hydrogen) atoms. The van der Waals surface area contributed by atoms with Gasteiger partial charge in [-0.05, 0) is 31.0 Å². The van der Waals surface area contributed by atoms with Gasteiger partial charge in [0.05, 0.1) is 0 Å². The molecule has 3 heteroatoms. The van der Waals surface area contributed by atoms with Crippen LogP contribution in [0.25, 0.3) is 0 Å². The normalized spacial score (nSPS) is 7.15. The van der Waals surface area contributed by atoms with E-state index < -0.39 is 0 Å². The zero-order valence-corrected chi connectivity index (χ0v) is 13.1. The van der Waals surface area contributed by atoms with Crippen molar-refractivity contribution in [2.45, 2.75) is 27.7 Å². The molecule has 1 aromatic rings. The zero-order chi connectivity index (χ0) is 8.85. The maximum Gasteiger partial charge on any atom is 0.126 e. The predicted molar refractivity (Wildman–Crippen MR) is 78.1 cm³/mol. The van der Waals surface area contributed by atoms with Crippen LogP contribution < -0.4 is 0 Å². The predicted octanol–water partition coefficient (Wildman–Crippen LogP) is 4.70. The second kappa shape index (κ2) is 10.7. The van der Waals surface area contributed by atoms with Gasteiger partial charge >= 0.3 is 0 Å². The fourth-order valence-electron chi connectivity index (χ4n) is 0.698. The van der Waals surface area contributed by atoms with E-state index in [0.29, 0.717) is 5.56 Å². The number of rotatable bonds is 0. The summed E-state index contributed by atoms with van der Waals surface area (Å²) in [5.74, 6) is -0.116. The summed E-state index contributed by atoms with van der Waals surface area (Å²) >= 11 is 0. The highest BCUT2D eigenvalue weighted by Gasteiger charge is 1.93. The Labute approximate surface area is 114 Å². The van der Waals surface area contributed by atoms with Gasteiger partial charge in [-0.25, -0.2) is 4.39 Å². The van der Waals surface area contributed by atoms with Crippen molar-refractivity contribution in [1.82, 2.24) is 0 Å². The van der Waals surface area contributed by atoms with E-state index in [2.05, 4.69) is 0 Å². The molecule has 0 radical (unpaired) electrons. The molecule has 0 fully saturated rings. The molecule has 1 rings (SSSR count). The van der Waals surface area contributed by atoms with Gasteiger partial charge < -0.3 is 0 Å². The van der Waals surface area contributed by atoms with Gasteiger partial charge in [-0.3, -0.25) is 0 Å². The third-order valence-electron chi connectivity index (χ3n) is 1.33. The summed E-state index contributed by atoms with van der Waals surface area (Å²) in [6.07, 6.45) is 0. The third-order valence-corrected chi connectivity index (χ3v) is 1.33. The molecule has 0 aliphatic heterocycles. The maximum absolute atomic E-state index is 12.6.